The quantitative estimate of drug-likeness (QED) is 0.603. The zero-order valence-electron chi connectivity index (χ0n) is 15.0. The lowest BCUT2D eigenvalue weighted by molar-refractivity contribution is -0.139. The minimum Gasteiger partial charge on any atom is -0.476 e. The summed E-state index contributed by atoms with van der Waals surface area (Å²) in [5.41, 5.74) is 0.937. The predicted molar refractivity (Wildman–Crippen MR) is 102 cm³/mol. The summed E-state index contributed by atoms with van der Waals surface area (Å²) in [5.74, 6) is -1.93. The van der Waals surface area contributed by atoms with Gasteiger partial charge >= 0.3 is 18.0 Å². The van der Waals surface area contributed by atoms with E-state index in [-0.39, 0.29) is 23.4 Å². The highest BCUT2D eigenvalue weighted by Crippen LogP contribution is 2.30. The van der Waals surface area contributed by atoms with Crippen molar-refractivity contribution in [1.82, 2.24) is 20.4 Å². The summed E-state index contributed by atoms with van der Waals surface area (Å²) in [5, 5.41) is 18.8. The molecule has 28 heavy (non-hydrogen) atoms. The van der Waals surface area contributed by atoms with E-state index in [1.54, 1.807) is 38.1 Å². The monoisotopic (exact) mass is 448 g/mol. The van der Waals surface area contributed by atoms with Crippen LogP contribution in [0.3, 0.4) is 0 Å². The third kappa shape index (κ3) is 3.77. The molecule has 0 radical (unpaired) electrons. The van der Waals surface area contributed by atoms with E-state index in [1.807, 2.05) is 0 Å². The van der Waals surface area contributed by atoms with Gasteiger partial charge in [-0.25, -0.2) is 19.1 Å². The van der Waals surface area contributed by atoms with E-state index in [0.29, 0.717) is 11.4 Å². The number of rotatable bonds is 5. The number of carbonyl (C=O) groups is 3. The number of nitrogens with zero attached hydrogens (tertiary/aromatic N) is 2. The standard InChI is InChI=1S/C18H17BrN4O5/c1-3-28-17(26)13-9(2)20-18(27)21-14(13)12-8-23(22-15(12)16(24)25)11-6-4-10(19)5-7-11/h4-8,14H,3H2,1-2H3,(H,24,25)(H2,20,21,27). The summed E-state index contributed by atoms with van der Waals surface area (Å²) in [7, 11) is 0. The topological polar surface area (TPSA) is 123 Å². The van der Waals surface area contributed by atoms with Crippen LogP contribution in [0.5, 0.6) is 0 Å². The number of aromatic nitrogens is 2. The fourth-order valence-corrected chi connectivity index (χ4v) is 3.16. The molecule has 3 N–H and O–H groups in total. The molecule has 0 saturated carbocycles. The average molecular weight is 449 g/mol. The molecule has 0 spiro atoms. The molecule has 10 heteroatoms. The molecule has 0 aliphatic carbocycles. The maximum absolute atomic E-state index is 12.4. The van der Waals surface area contributed by atoms with Crippen molar-refractivity contribution in [2.75, 3.05) is 6.61 Å². The Morgan fingerprint density at radius 3 is 2.61 bits per heavy atom. The van der Waals surface area contributed by atoms with Crippen molar-refractivity contribution in [2.24, 2.45) is 0 Å². The van der Waals surface area contributed by atoms with Crippen molar-refractivity contribution in [3.8, 4) is 5.69 Å². The molecule has 1 aliphatic heterocycles. The zero-order valence-corrected chi connectivity index (χ0v) is 16.6. The molecule has 1 aromatic carbocycles. The van der Waals surface area contributed by atoms with Crippen LogP contribution in [0.1, 0.15) is 35.9 Å². The Balaban J connectivity index is 2.13. The number of hydrogen-bond donors (Lipinski definition) is 3. The number of benzene rings is 1. The number of amides is 2. The van der Waals surface area contributed by atoms with Gasteiger partial charge in [0.2, 0.25) is 0 Å². The molecule has 146 valence electrons. The second-order valence-corrected chi connectivity index (χ2v) is 6.87. The Labute approximate surface area is 168 Å². The molecule has 1 atom stereocenters. The van der Waals surface area contributed by atoms with Crippen LogP contribution in [-0.4, -0.2) is 39.5 Å². The molecule has 1 unspecified atom stereocenters. The molecule has 1 aliphatic rings. The van der Waals surface area contributed by atoms with E-state index in [9.17, 15) is 19.5 Å². The van der Waals surface area contributed by atoms with Crippen molar-refractivity contribution in [1.29, 1.82) is 0 Å². The highest BCUT2D eigenvalue weighted by molar-refractivity contribution is 9.10. The van der Waals surface area contributed by atoms with Crippen molar-refractivity contribution in [3.63, 3.8) is 0 Å². The van der Waals surface area contributed by atoms with Gasteiger partial charge in [-0.05, 0) is 38.1 Å². The highest BCUT2D eigenvalue weighted by Gasteiger charge is 2.36. The minimum atomic E-state index is -1.28. The van der Waals surface area contributed by atoms with Gasteiger partial charge in [-0.15, -0.1) is 0 Å². The fraction of sp³-hybridized carbons (Fsp3) is 0.222. The molecule has 2 aromatic rings. The van der Waals surface area contributed by atoms with E-state index in [2.05, 4.69) is 31.7 Å². The number of ether oxygens (including phenoxy) is 1. The van der Waals surface area contributed by atoms with Crippen LogP contribution >= 0.6 is 15.9 Å². The third-order valence-corrected chi connectivity index (χ3v) is 4.64. The lowest BCUT2D eigenvalue weighted by atomic mass is 9.96. The van der Waals surface area contributed by atoms with Crippen molar-refractivity contribution in [2.45, 2.75) is 19.9 Å². The number of hydrogen-bond acceptors (Lipinski definition) is 5. The number of nitrogens with one attached hydrogen (secondary N) is 2. The lowest BCUT2D eigenvalue weighted by Gasteiger charge is -2.27. The van der Waals surface area contributed by atoms with Crippen molar-refractivity contribution in [3.05, 3.63) is 57.5 Å². The SMILES string of the molecule is CCOC(=O)C1=C(C)NC(=O)NC1c1cn(-c2ccc(Br)cc2)nc1C(=O)O. The molecular formula is C18H17BrN4O5. The molecule has 9 nitrogen and oxygen atoms in total. The first-order valence-corrected chi connectivity index (χ1v) is 9.15. The Morgan fingerprint density at radius 1 is 1.32 bits per heavy atom. The lowest BCUT2D eigenvalue weighted by Crippen LogP contribution is -2.45. The van der Waals surface area contributed by atoms with Gasteiger partial charge < -0.3 is 20.5 Å². The second-order valence-electron chi connectivity index (χ2n) is 5.95. The summed E-state index contributed by atoms with van der Waals surface area (Å²) < 4.78 is 7.32. The highest BCUT2D eigenvalue weighted by atomic mass is 79.9. The number of aromatic carboxylic acids is 1. The molecule has 0 fully saturated rings. The Hall–Kier alpha value is -3.14. The normalized spacial score (nSPS) is 16.4. The van der Waals surface area contributed by atoms with Crippen LogP contribution in [0.25, 0.3) is 5.69 Å². The van der Waals surface area contributed by atoms with Gasteiger partial charge in [-0.1, -0.05) is 15.9 Å². The Morgan fingerprint density at radius 2 is 2.00 bits per heavy atom. The van der Waals surface area contributed by atoms with Gasteiger partial charge in [-0.2, -0.15) is 5.10 Å². The van der Waals surface area contributed by atoms with Crippen LogP contribution in [0.15, 0.2) is 46.2 Å². The minimum absolute atomic E-state index is 0.124. The van der Waals surface area contributed by atoms with Crippen LogP contribution in [0.2, 0.25) is 0 Å². The number of carboxylic acid groups (broad SMARTS) is 1. The van der Waals surface area contributed by atoms with Gasteiger partial charge in [0.1, 0.15) is 0 Å². The number of allylic oxidation sites excluding steroid dienone is 1. The van der Waals surface area contributed by atoms with Gasteiger partial charge in [0.05, 0.1) is 23.9 Å². The molecule has 2 heterocycles. The first kappa shape index (κ1) is 19.6. The van der Waals surface area contributed by atoms with Gasteiger partial charge in [0, 0.05) is 21.9 Å². The maximum atomic E-state index is 12.4. The van der Waals surface area contributed by atoms with Crippen molar-refractivity contribution >= 4 is 33.9 Å². The van der Waals surface area contributed by atoms with Gasteiger partial charge in [0.25, 0.3) is 0 Å². The molecule has 1 aromatic heterocycles. The number of urea groups is 1. The van der Waals surface area contributed by atoms with Crippen molar-refractivity contribution < 1.29 is 24.2 Å². The van der Waals surface area contributed by atoms with Crippen LogP contribution in [-0.2, 0) is 9.53 Å². The first-order chi connectivity index (χ1) is 13.3. The summed E-state index contributed by atoms with van der Waals surface area (Å²) >= 11 is 3.34. The third-order valence-electron chi connectivity index (χ3n) is 4.11. The zero-order chi connectivity index (χ0) is 20.4. The number of esters is 1. The van der Waals surface area contributed by atoms with E-state index in [4.69, 9.17) is 4.74 Å². The summed E-state index contributed by atoms with van der Waals surface area (Å²) in [4.78, 5) is 36.2. The number of carbonyl (C=O) groups excluding carboxylic acids is 2. The summed E-state index contributed by atoms with van der Waals surface area (Å²) in [6, 6.07) is 5.52. The predicted octanol–water partition coefficient (Wildman–Crippen LogP) is 2.52. The van der Waals surface area contributed by atoms with Gasteiger partial charge in [-0.3, -0.25) is 0 Å². The van der Waals surface area contributed by atoms with E-state index in [0.717, 1.165) is 4.47 Å². The van der Waals surface area contributed by atoms with E-state index >= 15 is 0 Å². The maximum Gasteiger partial charge on any atom is 0.356 e. The smallest absolute Gasteiger partial charge is 0.356 e. The number of halogens is 1. The van der Waals surface area contributed by atoms with Crippen LogP contribution in [0, 0.1) is 0 Å². The molecule has 2 amide bonds. The van der Waals surface area contributed by atoms with Crippen LogP contribution < -0.4 is 10.6 Å². The number of carboxylic acids is 1. The van der Waals surface area contributed by atoms with E-state index in [1.165, 1.54) is 10.9 Å². The molecular weight excluding hydrogens is 432 g/mol. The Bertz CT molecular complexity index is 980. The fourth-order valence-electron chi connectivity index (χ4n) is 2.90. The Kier molecular flexibility index (Phi) is 5.50. The largest absolute Gasteiger partial charge is 0.476 e. The summed E-state index contributed by atoms with van der Waals surface area (Å²) in [6.07, 6.45) is 1.48. The second kappa shape index (κ2) is 7.85. The first-order valence-electron chi connectivity index (χ1n) is 8.36. The van der Waals surface area contributed by atoms with Crippen LogP contribution in [0.4, 0.5) is 4.79 Å². The summed E-state index contributed by atoms with van der Waals surface area (Å²) in [6.45, 7) is 3.35. The molecule has 0 bridgehead atoms. The van der Waals surface area contributed by atoms with Gasteiger partial charge in [0.15, 0.2) is 5.69 Å². The van der Waals surface area contributed by atoms with E-state index < -0.39 is 24.0 Å². The molecule has 3 rings (SSSR count). The molecule has 0 saturated heterocycles. The average Bonchev–Trinajstić information content (AvgIpc) is 3.07.